The van der Waals surface area contributed by atoms with Crippen molar-refractivity contribution in [3.63, 3.8) is 0 Å². The van der Waals surface area contributed by atoms with Crippen molar-refractivity contribution in [2.45, 2.75) is 50.6 Å². The summed E-state index contributed by atoms with van der Waals surface area (Å²) >= 11 is 5.34. The summed E-state index contributed by atoms with van der Waals surface area (Å²) in [6.45, 7) is -2.94. The van der Waals surface area contributed by atoms with Gasteiger partial charge in [0.2, 0.25) is 0 Å². The lowest BCUT2D eigenvalue weighted by atomic mass is 10.0. The van der Waals surface area contributed by atoms with Crippen molar-refractivity contribution in [3.8, 4) is 0 Å². The molecule has 0 spiro atoms. The molecule has 0 saturated heterocycles. The van der Waals surface area contributed by atoms with Crippen LogP contribution in [0.25, 0.3) is 0 Å². The molecular formula is C13H15ClF2O3. The fraction of sp³-hybridized carbons (Fsp3) is 0.615. The third-order valence-corrected chi connectivity index (χ3v) is 3.53. The maximum absolute atomic E-state index is 12.5. The maximum atomic E-state index is 12.5. The first-order valence-corrected chi connectivity index (χ1v) is 6.61. The Bertz CT molecular complexity index is 403. The van der Waals surface area contributed by atoms with Crippen LogP contribution in [0.5, 0.6) is 0 Å². The molecular weight excluding hydrogens is 278 g/mol. The molecule has 106 valence electrons. The molecule has 19 heavy (non-hydrogen) atoms. The minimum atomic E-state index is -2.94. The van der Waals surface area contributed by atoms with Crippen molar-refractivity contribution in [2.75, 3.05) is 0 Å². The van der Waals surface area contributed by atoms with Crippen LogP contribution in [0.1, 0.15) is 32.1 Å². The zero-order chi connectivity index (χ0) is 13.9. The van der Waals surface area contributed by atoms with Gasteiger partial charge in [-0.25, -0.2) is 0 Å². The number of carbonyl (C=O) groups excluding carboxylic acids is 1. The van der Waals surface area contributed by atoms with E-state index in [1.54, 1.807) is 0 Å². The van der Waals surface area contributed by atoms with E-state index in [0.717, 1.165) is 25.7 Å². The van der Waals surface area contributed by atoms with E-state index >= 15 is 0 Å². The summed E-state index contributed by atoms with van der Waals surface area (Å²) in [4.78, 5) is 11.0. The van der Waals surface area contributed by atoms with E-state index < -0.39 is 17.6 Å². The van der Waals surface area contributed by atoms with Crippen LogP contribution < -0.4 is 0 Å². The Hall–Kier alpha value is -0.780. The van der Waals surface area contributed by atoms with E-state index in [9.17, 15) is 13.6 Å². The lowest BCUT2D eigenvalue weighted by Crippen LogP contribution is -2.39. The van der Waals surface area contributed by atoms with Gasteiger partial charge in [-0.15, -0.1) is 0 Å². The van der Waals surface area contributed by atoms with Crippen LogP contribution in [0.4, 0.5) is 8.78 Å². The maximum Gasteiger partial charge on any atom is 0.347 e. The highest BCUT2D eigenvalue weighted by Crippen LogP contribution is 2.34. The fourth-order valence-electron chi connectivity index (χ4n) is 2.39. The first-order valence-electron chi connectivity index (χ1n) is 6.24. The lowest BCUT2D eigenvalue weighted by Gasteiger charge is -2.34. The van der Waals surface area contributed by atoms with Gasteiger partial charge in [-0.3, -0.25) is 9.53 Å². The first-order chi connectivity index (χ1) is 9.01. The second kappa shape index (κ2) is 6.11. The van der Waals surface area contributed by atoms with Gasteiger partial charge in [0.25, 0.3) is 5.24 Å². The molecule has 1 fully saturated rings. The van der Waals surface area contributed by atoms with Gasteiger partial charge in [-0.1, -0.05) is 18.9 Å². The van der Waals surface area contributed by atoms with E-state index in [4.69, 9.17) is 16.3 Å². The molecule has 0 heterocycles. The van der Waals surface area contributed by atoms with Gasteiger partial charge in [0, 0.05) is 12.0 Å². The molecule has 1 atom stereocenters. The standard InChI is InChI=1S/C13H15ClF2O3/c14-11(17)9-5-7-13(8-6-9,19-12(15)16)18-10-3-1-2-4-10/h5-7,10,12H,1-4,8H2. The van der Waals surface area contributed by atoms with E-state index in [0.29, 0.717) is 0 Å². The van der Waals surface area contributed by atoms with Crippen molar-refractivity contribution in [1.29, 1.82) is 0 Å². The third kappa shape index (κ3) is 3.84. The Morgan fingerprint density at radius 2 is 2.11 bits per heavy atom. The summed E-state index contributed by atoms with van der Waals surface area (Å²) in [7, 11) is 0. The molecule has 0 bridgehead atoms. The topological polar surface area (TPSA) is 35.5 Å². The van der Waals surface area contributed by atoms with Gasteiger partial charge in [0.05, 0.1) is 6.10 Å². The normalized spacial score (nSPS) is 27.9. The predicted molar refractivity (Wildman–Crippen MR) is 65.9 cm³/mol. The average molecular weight is 293 g/mol. The summed E-state index contributed by atoms with van der Waals surface area (Å²) in [5.74, 6) is -1.49. The largest absolute Gasteiger partial charge is 0.347 e. The number of ether oxygens (including phenoxy) is 2. The van der Waals surface area contributed by atoms with Crippen molar-refractivity contribution >= 4 is 16.8 Å². The van der Waals surface area contributed by atoms with Gasteiger partial charge >= 0.3 is 6.61 Å². The van der Waals surface area contributed by atoms with Crippen molar-refractivity contribution in [1.82, 2.24) is 0 Å². The summed E-state index contributed by atoms with van der Waals surface area (Å²) in [6.07, 6.45) is 7.90. The fourth-order valence-corrected chi connectivity index (χ4v) is 2.53. The molecule has 0 aromatic carbocycles. The van der Waals surface area contributed by atoms with Crippen molar-refractivity contribution in [3.05, 3.63) is 23.8 Å². The Morgan fingerprint density at radius 3 is 2.58 bits per heavy atom. The van der Waals surface area contributed by atoms with Gasteiger partial charge in [-0.05, 0) is 36.6 Å². The molecule has 0 aliphatic heterocycles. The van der Waals surface area contributed by atoms with Crippen LogP contribution in [-0.4, -0.2) is 23.7 Å². The molecule has 6 heteroatoms. The molecule has 2 rings (SSSR count). The summed E-state index contributed by atoms with van der Waals surface area (Å²) in [5, 5.41) is -0.622. The number of hydrogen-bond donors (Lipinski definition) is 0. The van der Waals surface area contributed by atoms with E-state index in [1.165, 1.54) is 18.2 Å². The summed E-state index contributed by atoms with van der Waals surface area (Å²) < 4.78 is 35.4. The van der Waals surface area contributed by atoms with Crippen LogP contribution in [0.2, 0.25) is 0 Å². The third-order valence-electron chi connectivity index (χ3n) is 3.31. The minimum Gasteiger partial charge on any atom is -0.343 e. The zero-order valence-corrected chi connectivity index (χ0v) is 11.0. The molecule has 2 aliphatic carbocycles. The second-order valence-electron chi connectivity index (χ2n) is 4.69. The smallest absolute Gasteiger partial charge is 0.343 e. The van der Waals surface area contributed by atoms with Crippen LogP contribution in [0.15, 0.2) is 23.8 Å². The monoisotopic (exact) mass is 292 g/mol. The van der Waals surface area contributed by atoms with Gasteiger partial charge < -0.3 is 4.74 Å². The number of alkyl halides is 2. The van der Waals surface area contributed by atoms with E-state index in [1.807, 2.05) is 0 Å². The predicted octanol–water partition coefficient (Wildman–Crippen LogP) is 3.53. The number of hydrogen-bond acceptors (Lipinski definition) is 3. The Kier molecular flexibility index (Phi) is 4.71. The van der Waals surface area contributed by atoms with E-state index in [2.05, 4.69) is 4.74 Å². The Morgan fingerprint density at radius 1 is 1.42 bits per heavy atom. The number of halogens is 3. The Balaban J connectivity index is 2.09. The second-order valence-corrected chi connectivity index (χ2v) is 5.03. The van der Waals surface area contributed by atoms with Gasteiger partial charge in [-0.2, -0.15) is 8.78 Å². The quantitative estimate of drug-likeness (QED) is 0.574. The first kappa shape index (κ1) is 14.6. The molecule has 0 aromatic rings. The van der Waals surface area contributed by atoms with Gasteiger partial charge in [0.1, 0.15) is 0 Å². The summed E-state index contributed by atoms with van der Waals surface area (Å²) in [6, 6.07) is 0. The molecule has 3 nitrogen and oxygen atoms in total. The van der Waals surface area contributed by atoms with Crippen LogP contribution in [0.3, 0.4) is 0 Å². The van der Waals surface area contributed by atoms with Crippen molar-refractivity contribution in [2.24, 2.45) is 0 Å². The zero-order valence-electron chi connectivity index (χ0n) is 10.3. The minimum absolute atomic E-state index is 0.0537. The number of carbonyl (C=O) groups is 1. The SMILES string of the molecule is O=C(Cl)C1=CCC(OC(F)F)(OC2CCCC2)C=C1. The molecule has 2 aliphatic rings. The number of rotatable bonds is 5. The highest BCUT2D eigenvalue weighted by Gasteiger charge is 2.37. The van der Waals surface area contributed by atoms with E-state index in [-0.39, 0.29) is 18.1 Å². The Labute approximate surface area is 115 Å². The average Bonchev–Trinajstić information content (AvgIpc) is 2.81. The lowest BCUT2D eigenvalue weighted by molar-refractivity contribution is -0.300. The molecule has 0 amide bonds. The van der Waals surface area contributed by atoms with Crippen LogP contribution in [0, 0.1) is 0 Å². The number of allylic oxidation sites excluding steroid dienone is 2. The highest BCUT2D eigenvalue weighted by atomic mass is 35.5. The molecule has 0 N–H and O–H groups in total. The molecule has 1 unspecified atom stereocenters. The highest BCUT2D eigenvalue weighted by molar-refractivity contribution is 6.68. The summed E-state index contributed by atoms with van der Waals surface area (Å²) in [5.41, 5.74) is 0.269. The van der Waals surface area contributed by atoms with Crippen LogP contribution in [-0.2, 0) is 14.3 Å². The molecule has 1 saturated carbocycles. The molecule has 0 aromatic heterocycles. The van der Waals surface area contributed by atoms with Gasteiger partial charge in [0.15, 0.2) is 5.79 Å². The molecule has 0 radical (unpaired) electrons. The van der Waals surface area contributed by atoms with Crippen molar-refractivity contribution < 1.29 is 23.0 Å². The van der Waals surface area contributed by atoms with Crippen LogP contribution >= 0.6 is 11.6 Å².